The molecule has 0 bridgehead atoms. The first kappa shape index (κ1) is 19.4. The number of amides is 1. The van der Waals surface area contributed by atoms with Crippen LogP contribution in [0.2, 0.25) is 0 Å². The van der Waals surface area contributed by atoms with Crippen LogP contribution in [-0.2, 0) is 10.5 Å². The number of nitrogens with zero attached hydrogens (tertiary/aromatic N) is 2. The monoisotopic (exact) mass is 395 g/mol. The van der Waals surface area contributed by atoms with Crippen LogP contribution >= 0.6 is 11.8 Å². The van der Waals surface area contributed by atoms with Gasteiger partial charge in [0.1, 0.15) is 11.5 Å². The molecule has 8 heteroatoms. The maximum atomic E-state index is 11.8. The zero-order chi connectivity index (χ0) is 19.8. The summed E-state index contributed by atoms with van der Waals surface area (Å²) in [6, 6.07) is 19.4. The van der Waals surface area contributed by atoms with Crippen LogP contribution in [0.1, 0.15) is 11.3 Å². The number of non-ortho nitro benzene ring substituents is 1. The van der Waals surface area contributed by atoms with Crippen LogP contribution in [0, 0.1) is 10.1 Å². The third kappa shape index (κ3) is 5.55. The highest BCUT2D eigenvalue weighted by atomic mass is 32.2. The molecule has 0 aliphatic heterocycles. The van der Waals surface area contributed by atoms with Crippen LogP contribution in [-0.4, -0.2) is 22.8 Å². The molecule has 0 saturated heterocycles. The van der Waals surface area contributed by atoms with Gasteiger partial charge in [0.15, 0.2) is 0 Å². The van der Waals surface area contributed by atoms with E-state index >= 15 is 0 Å². The Kier molecular flexibility index (Phi) is 6.59. The van der Waals surface area contributed by atoms with Gasteiger partial charge in [0, 0.05) is 23.4 Å². The quantitative estimate of drug-likeness (QED) is 0.349. The van der Waals surface area contributed by atoms with Gasteiger partial charge in [-0.15, -0.1) is 11.8 Å². The first-order valence-corrected chi connectivity index (χ1v) is 9.55. The molecule has 3 rings (SSSR count). The number of hydrogen-bond donors (Lipinski definition) is 1. The van der Waals surface area contributed by atoms with E-state index in [9.17, 15) is 14.9 Å². The number of nitrogens with one attached hydrogen (secondary N) is 1. The summed E-state index contributed by atoms with van der Waals surface area (Å²) in [6.07, 6.45) is 1.41. The van der Waals surface area contributed by atoms with Gasteiger partial charge in [0.2, 0.25) is 5.91 Å². The zero-order valence-electron chi connectivity index (χ0n) is 14.8. The highest BCUT2D eigenvalue weighted by Gasteiger charge is 2.08. The maximum Gasteiger partial charge on any atom is 0.269 e. The number of thioether (sulfide) groups is 1. The zero-order valence-corrected chi connectivity index (χ0v) is 15.6. The van der Waals surface area contributed by atoms with E-state index < -0.39 is 4.92 Å². The van der Waals surface area contributed by atoms with Gasteiger partial charge in [-0.3, -0.25) is 14.9 Å². The number of rotatable bonds is 8. The van der Waals surface area contributed by atoms with E-state index in [-0.39, 0.29) is 11.6 Å². The van der Waals surface area contributed by atoms with Gasteiger partial charge in [-0.25, -0.2) is 5.43 Å². The molecular formula is C20H17N3O4S. The van der Waals surface area contributed by atoms with Gasteiger partial charge in [0.05, 0.1) is 16.9 Å². The second-order valence-corrected chi connectivity index (χ2v) is 6.76. The number of furan rings is 1. The predicted octanol–water partition coefficient (Wildman–Crippen LogP) is 4.24. The number of nitro groups is 1. The SMILES string of the molecule is O=C(CSCc1ccccc1)NN=Cc1ccc(-c2ccc([N+](=O)[O-])cc2)o1. The molecule has 1 amide bonds. The van der Waals surface area contributed by atoms with Crippen molar-refractivity contribution in [2.45, 2.75) is 5.75 Å². The first-order chi connectivity index (χ1) is 13.6. The van der Waals surface area contributed by atoms with Crippen LogP contribution < -0.4 is 5.43 Å². The summed E-state index contributed by atoms with van der Waals surface area (Å²) in [5.74, 6) is 1.89. The van der Waals surface area contributed by atoms with Crippen LogP contribution in [0.3, 0.4) is 0 Å². The Morgan fingerprint density at radius 2 is 1.86 bits per heavy atom. The van der Waals surface area contributed by atoms with Gasteiger partial charge in [0.25, 0.3) is 5.69 Å². The van der Waals surface area contributed by atoms with E-state index in [4.69, 9.17) is 4.42 Å². The van der Waals surface area contributed by atoms with E-state index in [0.717, 1.165) is 11.3 Å². The summed E-state index contributed by atoms with van der Waals surface area (Å²) in [7, 11) is 0. The number of hydrazone groups is 1. The maximum absolute atomic E-state index is 11.8. The van der Waals surface area contributed by atoms with Crippen molar-refractivity contribution in [1.82, 2.24) is 5.43 Å². The van der Waals surface area contributed by atoms with E-state index in [1.165, 1.54) is 30.1 Å². The second kappa shape index (κ2) is 9.52. The van der Waals surface area contributed by atoms with Crippen molar-refractivity contribution in [3.05, 3.63) is 88.2 Å². The highest BCUT2D eigenvalue weighted by Crippen LogP contribution is 2.24. The number of carbonyl (C=O) groups is 1. The van der Waals surface area contributed by atoms with Crippen LogP contribution in [0.15, 0.2) is 76.2 Å². The van der Waals surface area contributed by atoms with Crippen molar-refractivity contribution in [2.75, 3.05) is 5.75 Å². The third-order valence-corrected chi connectivity index (χ3v) is 4.72. The van der Waals surface area contributed by atoms with Gasteiger partial charge < -0.3 is 4.42 Å². The largest absolute Gasteiger partial charge is 0.455 e. The molecule has 0 radical (unpaired) electrons. The first-order valence-electron chi connectivity index (χ1n) is 8.40. The molecule has 0 spiro atoms. The smallest absolute Gasteiger partial charge is 0.269 e. The number of nitro benzene ring substituents is 1. The summed E-state index contributed by atoms with van der Waals surface area (Å²) in [5.41, 5.74) is 4.36. The second-order valence-electron chi connectivity index (χ2n) is 5.78. The lowest BCUT2D eigenvalue weighted by Crippen LogP contribution is -2.19. The van der Waals surface area contributed by atoms with Crippen molar-refractivity contribution in [1.29, 1.82) is 0 Å². The number of benzene rings is 2. The molecule has 3 aromatic rings. The van der Waals surface area contributed by atoms with Gasteiger partial charge in [-0.2, -0.15) is 5.10 Å². The summed E-state index contributed by atoms with van der Waals surface area (Å²) in [6.45, 7) is 0. The molecule has 0 aliphatic carbocycles. The normalized spacial score (nSPS) is 10.9. The number of carbonyl (C=O) groups excluding carboxylic acids is 1. The van der Waals surface area contributed by atoms with E-state index in [0.29, 0.717) is 22.8 Å². The molecule has 1 heterocycles. The Morgan fingerprint density at radius 1 is 1.11 bits per heavy atom. The minimum absolute atomic E-state index is 0.0185. The Hall–Kier alpha value is -3.39. The van der Waals surface area contributed by atoms with Gasteiger partial charge >= 0.3 is 0 Å². The lowest BCUT2D eigenvalue weighted by Gasteiger charge is -2.01. The third-order valence-electron chi connectivity index (χ3n) is 3.72. The highest BCUT2D eigenvalue weighted by molar-refractivity contribution is 7.99. The van der Waals surface area contributed by atoms with Crippen LogP contribution in [0.25, 0.3) is 11.3 Å². The molecule has 2 aromatic carbocycles. The Bertz CT molecular complexity index is 969. The lowest BCUT2D eigenvalue weighted by molar-refractivity contribution is -0.384. The van der Waals surface area contributed by atoms with Gasteiger partial charge in [-0.1, -0.05) is 30.3 Å². The fourth-order valence-corrected chi connectivity index (χ4v) is 3.14. The lowest BCUT2D eigenvalue weighted by atomic mass is 10.1. The van der Waals surface area contributed by atoms with Crippen molar-refractivity contribution in [3.8, 4) is 11.3 Å². The van der Waals surface area contributed by atoms with Gasteiger partial charge in [-0.05, 0) is 29.8 Å². The molecular weight excluding hydrogens is 378 g/mol. The topological polar surface area (TPSA) is 97.7 Å². The molecule has 0 atom stereocenters. The van der Waals surface area contributed by atoms with Crippen molar-refractivity contribution in [2.24, 2.45) is 5.10 Å². The summed E-state index contributed by atoms with van der Waals surface area (Å²) in [5, 5.41) is 14.6. The van der Waals surface area contributed by atoms with Crippen molar-refractivity contribution < 1.29 is 14.1 Å². The molecule has 0 saturated carbocycles. The standard InChI is InChI=1S/C20H17N3O4S/c24-20(14-28-13-15-4-2-1-3-5-15)22-21-12-18-10-11-19(27-18)16-6-8-17(9-7-16)23(25)26/h1-12H,13-14H2,(H,22,24). The Balaban J connectivity index is 1.47. The summed E-state index contributed by atoms with van der Waals surface area (Å²) >= 11 is 1.51. The molecule has 0 unspecified atom stereocenters. The minimum atomic E-state index is -0.454. The summed E-state index contributed by atoms with van der Waals surface area (Å²) < 4.78 is 5.62. The average Bonchev–Trinajstić information content (AvgIpc) is 3.18. The average molecular weight is 395 g/mol. The molecule has 1 N–H and O–H groups in total. The van der Waals surface area contributed by atoms with E-state index in [2.05, 4.69) is 10.5 Å². The predicted molar refractivity (Wildman–Crippen MR) is 109 cm³/mol. The fraction of sp³-hybridized carbons (Fsp3) is 0.100. The molecule has 0 fully saturated rings. The fourth-order valence-electron chi connectivity index (χ4n) is 2.36. The number of hydrogen-bond acceptors (Lipinski definition) is 6. The molecule has 7 nitrogen and oxygen atoms in total. The van der Waals surface area contributed by atoms with Crippen molar-refractivity contribution in [3.63, 3.8) is 0 Å². The van der Waals surface area contributed by atoms with E-state index in [1.54, 1.807) is 24.3 Å². The van der Waals surface area contributed by atoms with Crippen molar-refractivity contribution >= 4 is 29.6 Å². The van der Waals surface area contributed by atoms with Crippen LogP contribution in [0.4, 0.5) is 5.69 Å². The summed E-state index contributed by atoms with van der Waals surface area (Å²) in [4.78, 5) is 22.0. The molecule has 142 valence electrons. The Morgan fingerprint density at radius 3 is 2.57 bits per heavy atom. The Labute approximate surface area is 165 Å². The van der Waals surface area contributed by atoms with E-state index in [1.807, 2.05) is 30.3 Å². The molecule has 1 aromatic heterocycles. The molecule has 28 heavy (non-hydrogen) atoms. The molecule has 0 aliphatic rings. The minimum Gasteiger partial charge on any atom is -0.455 e. The van der Waals surface area contributed by atoms with Crippen LogP contribution in [0.5, 0.6) is 0 Å².